The van der Waals surface area contributed by atoms with Gasteiger partial charge in [0.15, 0.2) is 0 Å². The molecule has 4 nitrogen and oxygen atoms in total. The molecule has 0 aliphatic carbocycles. The molecule has 0 saturated heterocycles. The van der Waals surface area contributed by atoms with Gasteiger partial charge in [0.05, 0.1) is 5.52 Å². The summed E-state index contributed by atoms with van der Waals surface area (Å²) in [5.74, 6) is 0. The number of rotatable bonds is 9. The summed E-state index contributed by atoms with van der Waals surface area (Å²) in [5, 5.41) is 9.02. The molecule has 0 bridgehead atoms. The third kappa shape index (κ3) is 5.67. The van der Waals surface area contributed by atoms with Crippen LogP contribution in [0.4, 0.5) is 5.69 Å². The Morgan fingerprint density at radius 1 is 1.04 bits per heavy atom. The lowest BCUT2D eigenvalue weighted by Gasteiger charge is -2.21. The number of nitrogens with one attached hydrogen (secondary N) is 2. The van der Waals surface area contributed by atoms with Crippen LogP contribution in [0.15, 0.2) is 60.8 Å². The Morgan fingerprint density at radius 2 is 1.85 bits per heavy atom. The van der Waals surface area contributed by atoms with E-state index in [1.54, 1.807) is 0 Å². The van der Waals surface area contributed by atoms with E-state index in [1.807, 2.05) is 30.5 Å². The van der Waals surface area contributed by atoms with Crippen molar-refractivity contribution >= 4 is 28.2 Å². The molecule has 5 heteroatoms. The van der Waals surface area contributed by atoms with Gasteiger partial charge in [0.2, 0.25) is 0 Å². The smallest absolute Gasteiger partial charge is 0.0737 e. The maximum absolute atomic E-state index is 6.07. The fraction of sp³-hybridized carbons (Fsp3) is 0.318. The van der Waals surface area contributed by atoms with Gasteiger partial charge in [-0.2, -0.15) is 0 Å². The summed E-state index contributed by atoms with van der Waals surface area (Å²) in [6, 6.07) is 18.8. The molecule has 1 heterocycles. The van der Waals surface area contributed by atoms with Crippen LogP contribution in [-0.2, 0) is 0 Å². The van der Waals surface area contributed by atoms with Crippen LogP contribution in [0, 0.1) is 0 Å². The van der Waals surface area contributed by atoms with E-state index in [1.165, 1.54) is 5.56 Å². The molecule has 27 heavy (non-hydrogen) atoms. The van der Waals surface area contributed by atoms with Crippen molar-refractivity contribution in [3.05, 3.63) is 71.4 Å². The van der Waals surface area contributed by atoms with Crippen LogP contribution >= 0.6 is 11.6 Å². The van der Waals surface area contributed by atoms with Crippen molar-refractivity contribution in [2.24, 2.45) is 0 Å². The quantitative estimate of drug-likeness (QED) is 0.531. The van der Waals surface area contributed by atoms with E-state index >= 15 is 0 Å². The number of halogens is 1. The van der Waals surface area contributed by atoms with Gasteiger partial charge < -0.3 is 15.5 Å². The minimum absolute atomic E-state index is 0.350. The van der Waals surface area contributed by atoms with E-state index in [9.17, 15) is 0 Å². The van der Waals surface area contributed by atoms with Crippen molar-refractivity contribution in [2.45, 2.75) is 12.5 Å². The zero-order valence-electron chi connectivity index (χ0n) is 16.0. The first-order valence-corrected chi connectivity index (χ1v) is 9.72. The summed E-state index contributed by atoms with van der Waals surface area (Å²) in [6.07, 6.45) is 2.89. The average Bonchev–Trinajstić information content (AvgIpc) is 2.67. The highest BCUT2D eigenvalue weighted by atomic mass is 35.5. The number of pyridine rings is 1. The zero-order valence-corrected chi connectivity index (χ0v) is 16.7. The van der Waals surface area contributed by atoms with Crippen molar-refractivity contribution in [3.63, 3.8) is 0 Å². The molecule has 1 atom stereocenters. The Hall–Kier alpha value is -2.14. The van der Waals surface area contributed by atoms with Gasteiger partial charge in [-0.15, -0.1) is 0 Å². The number of anilines is 1. The fourth-order valence-corrected chi connectivity index (χ4v) is 3.34. The molecule has 0 aliphatic heterocycles. The maximum Gasteiger partial charge on any atom is 0.0737 e. The number of hydrogen-bond donors (Lipinski definition) is 2. The molecule has 3 aromatic rings. The highest BCUT2D eigenvalue weighted by Crippen LogP contribution is 2.24. The van der Waals surface area contributed by atoms with Gasteiger partial charge in [0.1, 0.15) is 0 Å². The second-order valence-electron chi connectivity index (χ2n) is 6.96. The largest absolute Gasteiger partial charge is 0.383 e. The number of benzene rings is 2. The summed E-state index contributed by atoms with van der Waals surface area (Å²) >= 11 is 6.07. The average molecular weight is 383 g/mol. The molecule has 3 rings (SSSR count). The normalized spacial score (nSPS) is 12.4. The second kappa shape index (κ2) is 9.70. The molecule has 0 amide bonds. The second-order valence-corrected chi connectivity index (χ2v) is 7.39. The summed E-state index contributed by atoms with van der Waals surface area (Å²) < 4.78 is 0. The van der Waals surface area contributed by atoms with Gasteiger partial charge in [0, 0.05) is 41.4 Å². The number of hydrogen-bond acceptors (Lipinski definition) is 4. The van der Waals surface area contributed by atoms with Crippen LogP contribution in [0.3, 0.4) is 0 Å². The Labute approximate surface area is 166 Å². The first-order valence-electron chi connectivity index (χ1n) is 9.34. The van der Waals surface area contributed by atoms with E-state index in [2.05, 4.69) is 64.9 Å². The molecular formula is C22H27ClN4. The highest BCUT2D eigenvalue weighted by Gasteiger charge is 2.11. The molecule has 0 spiro atoms. The first kappa shape index (κ1) is 19.6. The van der Waals surface area contributed by atoms with Crippen LogP contribution in [0.1, 0.15) is 18.0 Å². The van der Waals surface area contributed by atoms with Crippen molar-refractivity contribution in [2.75, 3.05) is 39.0 Å². The molecule has 142 valence electrons. The standard InChI is InChI=1S/C22H27ClN4/c1-27(2)15-11-20(17-6-4-3-5-7-17)25-13-14-26-21-10-12-24-22-16-18(23)8-9-19(21)22/h3-10,12,16,20,25H,11,13-15H2,1-2H3,(H,24,26). The molecule has 0 fully saturated rings. The predicted octanol–water partition coefficient (Wildman–Crippen LogP) is 4.58. The Balaban J connectivity index is 1.59. The van der Waals surface area contributed by atoms with Crippen molar-refractivity contribution < 1.29 is 0 Å². The van der Waals surface area contributed by atoms with Gasteiger partial charge >= 0.3 is 0 Å². The predicted molar refractivity (Wildman–Crippen MR) is 116 cm³/mol. The molecule has 1 aromatic heterocycles. The first-order chi connectivity index (χ1) is 13.1. The summed E-state index contributed by atoms with van der Waals surface area (Å²) in [5.41, 5.74) is 3.33. The molecular weight excluding hydrogens is 356 g/mol. The van der Waals surface area contributed by atoms with Gasteiger partial charge in [-0.05, 0) is 56.9 Å². The van der Waals surface area contributed by atoms with E-state index in [0.29, 0.717) is 11.1 Å². The monoisotopic (exact) mass is 382 g/mol. The van der Waals surface area contributed by atoms with Crippen LogP contribution in [0.2, 0.25) is 5.02 Å². The Bertz CT molecular complexity index is 851. The fourth-order valence-electron chi connectivity index (χ4n) is 3.18. The van der Waals surface area contributed by atoms with E-state index in [0.717, 1.165) is 42.6 Å². The third-order valence-electron chi connectivity index (χ3n) is 4.60. The Kier molecular flexibility index (Phi) is 7.04. The van der Waals surface area contributed by atoms with Gasteiger partial charge in [-0.25, -0.2) is 0 Å². The van der Waals surface area contributed by atoms with Crippen LogP contribution in [-0.4, -0.2) is 43.6 Å². The lowest BCUT2D eigenvalue weighted by molar-refractivity contribution is 0.362. The number of aromatic nitrogens is 1. The number of nitrogens with zero attached hydrogens (tertiary/aromatic N) is 2. The molecule has 0 radical (unpaired) electrons. The summed E-state index contributed by atoms with van der Waals surface area (Å²) in [6.45, 7) is 2.77. The van der Waals surface area contributed by atoms with Gasteiger partial charge in [-0.3, -0.25) is 4.98 Å². The minimum atomic E-state index is 0.350. The molecule has 1 unspecified atom stereocenters. The third-order valence-corrected chi connectivity index (χ3v) is 4.84. The molecule has 0 saturated carbocycles. The van der Waals surface area contributed by atoms with Crippen molar-refractivity contribution in [1.82, 2.24) is 15.2 Å². The summed E-state index contributed by atoms with van der Waals surface area (Å²) in [4.78, 5) is 6.62. The van der Waals surface area contributed by atoms with E-state index < -0.39 is 0 Å². The van der Waals surface area contributed by atoms with E-state index in [4.69, 9.17) is 11.6 Å². The van der Waals surface area contributed by atoms with Gasteiger partial charge in [0.25, 0.3) is 0 Å². The number of fused-ring (bicyclic) bond motifs is 1. The molecule has 2 aromatic carbocycles. The van der Waals surface area contributed by atoms with Crippen LogP contribution < -0.4 is 10.6 Å². The molecule has 0 aliphatic rings. The van der Waals surface area contributed by atoms with Crippen LogP contribution in [0.5, 0.6) is 0 Å². The van der Waals surface area contributed by atoms with E-state index in [-0.39, 0.29) is 0 Å². The summed E-state index contributed by atoms with van der Waals surface area (Å²) in [7, 11) is 4.23. The van der Waals surface area contributed by atoms with Gasteiger partial charge in [-0.1, -0.05) is 41.9 Å². The van der Waals surface area contributed by atoms with Crippen molar-refractivity contribution in [1.29, 1.82) is 0 Å². The van der Waals surface area contributed by atoms with Crippen molar-refractivity contribution in [3.8, 4) is 0 Å². The zero-order chi connectivity index (χ0) is 19.1. The Morgan fingerprint density at radius 3 is 2.63 bits per heavy atom. The topological polar surface area (TPSA) is 40.2 Å². The SMILES string of the molecule is CN(C)CCC(NCCNc1ccnc2cc(Cl)ccc12)c1ccccc1. The lowest BCUT2D eigenvalue weighted by atomic mass is 10.0. The molecule has 2 N–H and O–H groups in total. The van der Waals surface area contributed by atoms with Crippen LogP contribution in [0.25, 0.3) is 10.9 Å². The maximum atomic E-state index is 6.07. The minimum Gasteiger partial charge on any atom is -0.383 e. The lowest BCUT2D eigenvalue weighted by Crippen LogP contribution is -2.29. The highest BCUT2D eigenvalue weighted by molar-refractivity contribution is 6.31.